The van der Waals surface area contributed by atoms with E-state index in [0.29, 0.717) is 0 Å². The molecule has 4 nitrogen and oxygen atoms in total. The number of imide groups is 1. The molecule has 1 aliphatic heterocycles. The van der Waals surface area contributed by atoms with Crippen molar-refractivity contribution in [2.75, 3.05) is 0 Å². The highest BCUT2D eigenvalue weighted by Crippen LogP contribution is 2.31. The average molecular weight is 344 g/mol. The van der Waals surface area contributed by atoms with Crippen molar-refractivity contribution in [3.8, 4) is 0 Å². The van der Waals surface area contributed by atoms with Crippen molar-refractivity contribution in [1.29, 1.82) is 0 Å². The van der Waals surface area contributed by atoms with Crippen LogP contribution in [0.5, 0.6) is 0 Å². The third kappa shape index (κ3) is 2.54. The van der Waals surface area contributed by atoms with Gasteiger partial charge in [-0.25, -0.2) is 4.79 Å². The number of carbonyl (C=O) groups excluding carboxylic acids is 2. The summed E-state index contributed by atoms with van der Waals surface area (Å²) < 4.78 is 0. The van der Waals surface area contributed by atoms with Gasteiger partial charge in [0.15, 0.2) is 0 Å². The fraction of sp³-hybridized carbons (Fsp3) is 0.182. The first kappa shape index (κ1) is 16.3. The Labute approximate surface area is 152 Å². The minimum atomic E-state index is -1.03. The molecule has 4 heteroatoms. The molecule has 1 heterocycles. The Morgan fingerprint density at radius 1 is 0.923 bits per heavy atom. The minimum absolute atomic E-state index is 0.223. The number of hydrogen-bond donors (Lipinski definition) is 1. The topological polar surface area (TPSA) is 49.4 Å². The normalized spacial score (nSPS) is 19.8. The second kappa shape index (κ2) is 5.99. The van der Waals surface area contributed by atoms with Crippen LogP contribution >= 0.6 is 0 Å². The number of nitrogens with zero attached hydrogens (tertiary/aromatic N) is 1. The van der Waals surface area contributed by atoms with Crippen molar-refractivity contribution >= 4 is 22.7 Å². The standard InChI is InChI=1S/C22H20N2O2/c1-15-10-12-18(13-11-15)22(2)20(25)24(21(26)23-22)14-17-8-5-7-16-6-3-4-9-19(16)17/h3-13H,14H2,1-2H3,(H,23,26)/t22-/m1/s1. The highest BCUT2D eigenvalue weighted by atomic mass is 16.2. The molecule has 3 aromatic carbocycles. The first-order chi connectivity index (χ1) is 12.5. The summed E-state index contributed by atoms with van der Waals surface area (Å²) in [5, 5.41) is 5.02. The van der Waals surface area contributed by atoms with Crippen LogP contribution in [0.2, 0.25) is 0 Å². The molecule has 1 saturated heterocycles. The molecule has 0 bridgehead atoms. The van der Waals surface area contributed by atoms with Gasteiger partial charge in [-0.15, -0.1) is 0 Å². The maximum absolute atomic E-state index is 13.1. The average Bonchev–Trinajstić information content (AvgIpc) is 2.86. The number of hydrogen-bond acceptors (Lipinski definition) is 2. The zero-order valence-electron chi connectivity index (χ0n) is 14.8. The highest BCUT2D eigenvalue weighted by Gasteiger charge is 2.48. The van der Waals surface area contributed by atoms with E-state index >= 15 is 0 Å². The van der Waals surface area contributed by atoms with E-state index in [2.05, 4.69) is 5.32 Å². The number of fused-ring (bicyclic) bond motifs is 1. The molecule has 0 radical (unpaired) electrons. The Morgan fingerprint density at radius 3 is 2.38 bits per heavy atom. The Kier molecular flexibility index (Phi) is 3.76. The number of urea groups is 1. The summed E-state index contributed by atoms with van der Waals surface area (Å²) in [5.41, 5.74) is 1.83. The quantitative estimate of drug-likeness (QED) is 0.727. The van der Waals surface area contributed by atoms with E-state index in [0.717, 1.165) is 27.5 Å². The molecule has 1 fully saturated rings. The van der Waals surface area contributed by atoms with Crippen molar-refractivity contribution in [3.63, 3.8) is 0 Å². The van der Waals surface area contributed by atoms with E-state index in [9.17, 15) is 9.59 Å². The van der Waals surface area contributed by atoms with E-state index in [4.69, 9.17) is 0 Å². The monoisotopic (exact) mass is 344 g/mol. The summed E-state index contributed by atoms with van der Waals surface area (Å²) in [6, 6.07) is 21.3. The lowest BCUT2D eigenvalue weighted by Gasteiger charge is -2.22. The van der Waals surface area contributed by atoms with Gasteiger partial charge < -0.3 is 5.32 Å². The molecule has 0 unspecified atom stereocenters. The van der Waals surface area contributed by atoms with Gasteiger partial charge in [-0.05, 0) is 35.7 Å². The Morgan fingerprint density at radius 2 is 1.62 bits per heavy atom. The molecule has 0 aromatic heterocycles. The molecule has 4 rings (SSSR count). The molecule has 26 heavy (non-hydrogen) atoms. The van der Waals surface area contributed by atoms with Crippen LogP contribution < -0.4 is 5.32 Å². The number of rotatable bonds is 3. The molecule has 3 aromatic rings. The van der Waals surface area contributed by atoms with Crippen molar-refractivity contribution in [3.05, 3.63) is 83.4 Å². The van der Waals surface area contributed by atoms with Gasteiger partial charge in [-0.2, -0.15) is 0 Å². The van der Waals surface area contributed by atoms with Gasteiger partial charge in [-0.1, -0.05) is 72.3 Å². The molecular weight excluding hydrogens is 324 g/mol. The van der Waals surface area contributed by atoms with Gasteiger partial charge in [0.05, 0.1) is 6.54 Å². The van der Waals surface area contributed by atoms with Crippen molar-refractivity contribution in [2.45, 2.75) is 25.9 Å². The third-order valence-electron chi connectivity index (χ3n) is 5.11. The van der Waals surface area contributed by atoms with E-state index in [1.807, 2.05) is 73.7 Å². The number of carbonyl (C=O) groups is 2. The van der Waals surface area contributed by atoms with Crippen molar-refractivity contribution in [2.24, 2.45) is 0 Å². The Balaban J connectivity index is 1.68. The fourth-order valence-electron chi connectivity index (χ4n) is 3.52. The van der Waals surface area contributed by atoms with Gasteiger partial charge in [0.2, 0.25) is 0 Å². The Bertz CT molecular complexity index is 1000. The van der Waals surface area contributed by atoms with Crippen LogP contribution in [-0.2, 0) is 16.9 Å². The van der Waals surface area contributed by atoms with Gasteiger partial charge in [0.1, 0.15) is 5.54 Å². The number of amides is 3. The van der Waals surface area contributed by atoms with Crippen LogP contribution in [0.1, 0.15) is 23.6 Å². The van der Waals surface area contributed by atoms with Gasteiger partial charge in [-0.3, -0.25) is 9.69 Å². The molecule has 0 aliphatic carbocycles. The number of aryl methyl sites for hydroxylation is 1. The van der Waals surface area contributed by atoms with Gasteiger partial charge in [0.25, 0.3) is 5.91 Å². The summed E-state index contributed by atoms with van der Waals surface area (Å²) in [4.78, 5) is 27.0. The SMILES string of the molecule is Cc1ccc([C@@]2(C)NC(=O)N(Cc3cccc4ccccc34)C2=O)cc1. The molecule has 1 atom stereocenters. The number of benzene rings is 3. The predicted molar refractivity (Wildman–Crippen MR) is 102 cm³/mol. The maximum Gasteiger partial charge on any atom is 0.325 e. The van der Waals surface area contributed by atoms with Crippen LogP contribution in [0.15, 0.2) is 66.7 Å². The fourth-order valence-corrected chi connectivity index (χ4v) is 3.52. The summed E-state index contributed by atoms with van der Waals surface area (Å²) in [6.07, 6.45) is 0. The zero-order chi connectivity index (χ0) is 18.3. The first-order valence-electron chi connectivity index (χ1n) is 8.67. The van der Waals surface area contributed by atoms with Crippen LogP contribution in [0.4, 0.5) is 4.79 Å². The zero-order valence-corrected chi connectivity index (χ0v) is 14.8. The van der Waals surface area contributed by atoms with Gasteiger partial charge >= 0.3 is 6.03 Å². The van der Waals surface area contributed by atoms with Crippen LogP contribution in [0, 0.1) is 6.92 Å². The molecule has 0 saturated carbocycles. The Hall–Kier alpha value is -3.14. The van der Waals surface area contributed by atoms with Crippen molar-refractivity contribution in [1.82, 2.24) is 10.2 Å². The van der Waals surface area contributed by atoms with Crippen LogP contribution in [0.25, 0.3) is 10.8 Å². The summed E-state index contributed by atoms with van der Waals surface area (Å²) >= 11 is 0. The first-order valence-corrected chi connectivity index (χ1v) is 8.67. The van der Waals surface area contributed by atoms with Crippen LogP contribution in [0.3, 0.4) is 0 Å². The smallest absolute Gasteiger partial charge is 0.319 e. The second-order valence-corrected chi connectivity index (χ2v) is 6.95. The molecule has 1 N–H and O–H groups in total. The largest absolute Gasteiger partial charge is 0.325 e. The van der Waals surface area contributed by atoms with E-state index < -0.39 is 5.54 Å². The highest BCUT2D eigenvalue weighted by molar-refractivity contribution is 6.07. The van der Waals surface area contributed by atoms with E-state index in [1.54, 1.807) is 6.92 Å². The van der Waals surface area contributed by atoms with Crippen molar-refractivity contribution < 1.29 is 9.59 Å². The minimum Gasteiger partial charge on any atom is -0.319 e. The van der Waals surface area contributed by atoms with Gasteiger partial charge in [0, 0.05) is 0 Å². The van der Waals surface area contributed by atoms with Crippen LogP contribution in [-0.4, -0.2) is 16.8 Å². The predicted octanol–water partition coefficient (Wildman–Crippen LogP) is 4.12. The molecule has 3 amide bonds. The lowest BCUT2D eigenvalue weighted by molar-refractivity contribution is -0.131. The lowest BCUT2D eigenvalue weighted by atomic mass is 9.91. The molecule has 1 aliphatic rings. The molecule has 130 valence electrons. The summed E-state index contributed by atoms with van der Waals surface area (Å²) in [7, 11) is 0. The van der Waals surface area contributed by atoms with E-state index in [1.165, 1.54) is 4.90 Å². The maximum atomic E-state index is 13.1. The third-order valence-corrected chi connectivity index (χ3v) is 5.11. The summed E-state index contributed by atoms with van der Waals surface area (Å²) in [6.45, 7) is 4.02. The van der Waals surface area contributed by atoms with E-state index in [-0.39, 0.29) is 18.5 Å². The number of nitrogens with one attached hydrogen (secondary N) is 1. The summed E-state index contributed by atoms with van der Waals surface area (Å²) in [5.74, 6) is -0.223. The molecular formula is C22H20N2O2. The molecule has 0 spiro atoms. The second-order valence-electron chi connectivity index (χ2n) is 6.95. The lowest BCUT2D eigenvalue weighted by Crippen LogP contribution is -2.40.